The SMILES string of the molecule is Cc1nc(C)n2c(N)cccc12. The van der Waals surface area contributed by atoms with Gasteiger partial charge in [0.2, 0.25) is 0 Å². The Morgan fingerprint density at radius 3 is 2.75 bits per heavy atom. The molecular formula is C9H11N3. The molecule has 0 aromatic carbocycles. The third kappa shape index (κ3) is 0.794. The van der Waals surface area contributed by atoms with Crippen molar-refractivity contribution >= 4 is 11.3 Å². The van der Waals surface area contributed by atoms with Crippen molar-refractivity contribution in [2.45, 2.75) is 13.8 Å². The second-order valence-corrected chi connectivity index (χ2v) is 2.92. The maximum absolute atomic E-state index is 5.79. The second-order valence-electron chi connectivity index (χ2n) is 2.92. The van der Waals surface area contributed by atoms with Gasteiger partial charge in [-0.25, -0.2) is 4.98 Å². The van der Waals surface area contributed by atoms with E-state index in [-0.39, 0.29) is 0 Å². The summed E-state index contributed by atoms with van der Waals surface area (Å²) in [5.41, 5.74) is 7.91. The summed E-state index contributed by atoms with van der Waals surface area (Å²) >= 11 is 0. The molecule has 2 rings (SSSR count). The van der Waals surface area contributed by atoms with Gasteiger partial charge in [0.25, 0.3) is 0 Å². The van der Waals surface area contributed by atoms with Crippen LogP contribution >= 0.6 is 0 Å². The van der Waals surface area contributed by atoms with Crippen molar-refractivity contribution in [1.29, 1.82) is 0 Å². The van der Waals surface area contributed by atoms with Crippen molar-refractivity contribution in [2.75, 3.05) is 5.73 Å². The van der Waals surface area contributed by atoms with E-state index in [1.165, 1.54) is 0 Å². The molecule has 0 saturated carbocycles. The Bertz CT molecular complexity index is 429. The van der Waals surface area contributed by atoms with Gasteiger partial charge in [0.1, 0.15) is 11.6 Å². The maximum Gasteiger partial charge on any atom is 0.112 e. The minimum atomic E-state index is 0.741. The molecule has 0 aliphatic rings. The normalized spacial score (nSPS) is 10.8. The summed E-state index contributed by atoms with van der Waals surface area (Å²) < 4.78 is 1.95. The zero-order valence-electron chi connectivity index (χ0n) is 7.20. The number of nitrogens with zero attached hydrogens (tertiary/aromatic N) is 2. The molecule has 0 amide bonds. The fourth-order valence-electron chi connectivity index (χ4n) is 1.52. The lowest BCUT2D eigenvalue weighted by Gasteiger charge is -2.00. The number of fused-ring (bicyclic) bond motifs is 1. The molecule has 3 nitrogen and oxygen atoms in total. The standard InChI is InChI=1S/C9H11N3/c1-6-8-4-3-5-9(10)12(8)7(2)11-6/h3-5H,10H2,1-2H3. The molecule has 3 heteroatoms. The first-order valence-electron chi connectivity index (χ1n) is 3.90. The van der Waals surface area contributed by atoms with Crippen molar-refractivity contribution in [1.82, 2.24) is 9.38 Å². The molecule has 0 aliphatic carbocycles. The minimum absolute atomic E-state index is 0.741. The quantitative estimate of drug-likeness (QED) is 0.636. The van der Waals surface area contributed by atoms with Gasteiger partial charge in [0.15, 0.2) is 0 Å². The van der Waals surface area contributed by atoms with E-state index in [0.29, 0.717) is 0 Å². The van der Waals surface area contributed by atoms with Crippen LogP contribution in [-0.4, -0.2) is 9.38 Å². The van der Waals surface area contributed by atoms with Crippen LogP contribution < -0.4 is 5.73 Å². The highest BCUT2D eigenvalue weighted by molar-refractivity contribution is 5.57. The van der Waals surface area contributed by atoms with E-state index >= 15 is 0 Å². The van der Waals surface area contributed by atoms with Gasteiger partial charge in [-0.05, 0) is 26.0 Å². The van der Waals surface area contributed by atoms with Crippen LogP contribution in [0.3, 0.4) is 0 Å². The Morgan fingerprint density at radius 1 is 1.33 bits per heavy atom. The molecule has 62 valence electrons. The zero-order chi connectivity index (χ0) is 8.72. The predicted molar refractivity (Wildman–Crippen MR) is 49.1 cm³/mol. The van der Waals surface area contributed by atoms with Crippen LogP contribution in [0.2, 0.25) is 0 Å². The fraction of sp³-hybridized carbons (Fsp3) is 0.222. The molecule has 0 aliphatic heterocycles. The van der Waals surface area contributed by atoms with Crippen molar-refractivity contribution in [3.63, 3.8) is 0 Å². The van der Waals surface area contributed by atoms with Crippen molar-refractivity contribution in [3.8, 4) is 0 Å². The molecule has 2 aromatic rings. The average molecular weight is 161 g/mol. The fourth-order valence-corrected chi connectivity index (χ4v) is 1.52. The van der Waals surface area contributed by atoms with Gasteiger partial charge >= 0.3 is 0 Å². The molecule has 0 atom stereocenters. The zero-order valence-corrected chi connectivity index (χ0v) is 7.20. The summed E-state index contributed by atoms with van der Waals surface area (Å²) in [6.45, 7) is 3.94. The lowest BCUT2D eigenvalue weighted by molar-refractivity contribution is 1.05. The summed E-state index contributed by atoms with van der Waals surface area (Å²) in [7, 11) is 0. The van der Waals surface area contributed by atoms with E-state index in [2.05, 4.69) is 4.98 Å². The molecule has 0 spiro atoms. The highest BCUT2D eigenvalue weighted by atomic mass is 15.1. The number of aryl methyl sites for hydroxylation is 2. The molecule has 0 bridgehead atoms. The highest BCUT2D eigenvalue weighted by Crippen LogP contribution is 2.15. The number of pyridine rings is 1. The van der Waals surface area contributed by atoms with E-state index in [1.54, 1.807) is 0 Å². The lowest BCUT2D eigenvalue weighted by atomic mass is 10.3. The van der Waals surface area contributed by atoms with Gasteiger partial charge in [0.05, 0.1) is 11.2 Å². The van der Waals surface area contributed by atoms with E-state index in [1.807, 2.05) is 36.4 Å². The Kier molecular flexibility index (Phi) is 1.33. The first-order valence-corrected chi connectivity index (χ1v) is 3.90. The van der Waals surface area contributed by atoms with E-state index < -0.39 is 0 Å². The first kappa shape index (κ1) is 7.16. The Hall–Kier alpha value is -1.51. The van der Waals surface area contributed by atoms with Gasteiger partial charge in [-0.3, -0.25) is 4.40 Å². The third-order valence-electron chi connectivity index (χ3n) is 2.04. The average Bonchev–Trinajstić information content (AvgIpc) is 2.29. The number of aromatic nitrogens is 2. The summed E-state index contributed by atoms with van der Waals surface area (Å²) in [6.07, 6.45) is 0. The van der Waals surface area contributed by atoms with Gasteiger partial charge < -0.3 is 5.73 Å². The van der Waals surface area contributed by atoms with Crippen molar-refractivity contribution in [3.05, 3.63) is 29.7 Å². The van der Waals surface area contributed by atoms with E-state index in [0.717, 1.165) is 22.9 Å². The number of hydrogen-bond donors (Lipinski definition) is 1. The van der Waals surface area contributed by atoms with Gasteiger partial charge in [-0.2, -0.15) is 0 Å². The Morgan fingerprint density at radius 2 is 2.08 bits per heavy atom. The number of hydrogen-bond acceptors (Lipinski definition) is 2. The van der Waals surface area contributed by atoms with Gasteiger partial charge in [0, 0.05) is 0 Å². The van der Waals surface area contributed by atoms with Crippen LogP contribution in [0.15, 0.2) is 18.2 Å². The molecule has 2 heterocycles. The van der Waals surface area contributed by atoms with E-state index in [9.17, 15) is 0 Å². The van der Waals surface area contributed by atoms with Crippen molar-refractivity contribution in [2.24, 2.45) is 0 Å². The summed E-state index contributed by atoms with van der Waals surface area (Å²) in [4.78, 5) is 4.33. The molecular weight excluding hydrogens is 150 g/mol. The molecule has 0 radical (unpaired) electrons. The monoisotopic (exact) mass is 161 g/mol. The van der Waals surface area contributed by atoms with Crippen LogP contribution in [0.1, 0.15) is 11.5 Å². The third-order valence-corrected chi connectivity index (χ3v) is 2.04. The minimum Gasteiger partial charge on any atom is -0.385 e. The van der Waals surface area contributed by atoms with Crippen molar-refractivity contribution < 1.29 is 0 Å². The predicted octanol–water partition coefficient (Wildman–Crippen LogP) is 1.53. The van der Waals surface area contributed by atoms with Crippen LogP contribution in [0.25, 0.3) is 5.52 Å². The Balaban J connectivity index is 2.99. The topological polar surface area (TPSA) is 43.3 Å². The summed E-state index contributed by atoms with van der Waals surface area (Å²) in [5.74, 6) is 1.69. The van der Waals surface area contributed by atoms with Crippen LogP contribution in [0, 0.1) is 13.8 Å². The molecule has 2 N–H and O–H groups in total. The van der Waals surface area contributed by atoms with Gasteiger partial charge in [-0.15, -0.1) is 0 Å². The smallest absolute Gasteiger partial charge is 0.112 e. The highest BCUT2D eigenvalue weighted by Gasteiger charge is 2.04. The molecule has 2 aromatic heterocycles. The van der Waals surface area contributed by atoms with Crippen LogP contribution in [0.5, 0.6) is 0 Å². The number of rotatable bonds is 0. The summed E-state index contributed by atoms with van der Waals surface area (Å²) in [5, 5.41) is 0. The Labute approximate surface area is 70.8 Å². The number of nitrogen functional groups attached to an aromatic ring is 1. The number of imidazole rings is 1. The molecule has 0 saturated heterocycles. The van der Waals surface area contributed by atoms with Gasteiger partial charge in [-0.1, -0.05) is 6.07 Å². The largest absolute Gasteiger partial charge is 0.385 e. The molecule has 12 heavy (non-hydrogen) atoms. The molecule has 0 unspecified atom stereocenters. The van der Waals surface area contributed by atoms with Crippen LogP contribution in [-0.2, 0) is 0 Å². The second kappa shape index (κ2) is 2.24. The van der Waals surface area contributed by atoms with Crippen LogP contribution in [0.4, 0.5) is 5.82 Å². The number of anilines is 1. The maximum atomic E-state index is 5.79. The first-order chi connectivity index (χ1) is 5.70. The lowest BCUT2D eigenvalue weighted by Crippen LogP contribution is -1.97. The summed E-state index contributed by atoms with van der Waals surface area (Å²) in [6, 6.07) is 5.84. The number of nitrogens with two attached hydrogens (primary N) is 1. The molecule has 0 fully saturated rings. The van der Waals surface area contributed by atoms with E-state index in [4.69, 9.17) is 5.73 Å².